The molecule has 0 aliphatic carbocycles. The van der Waals surface area contributed by atoms with Crippen LogP contribution < -0.4 is 10.2 Å². The van der Waals surface area contributed by atoms with E-state index < -0.39 is 7.12 Å². The second kappa shape index (κ2) is 11.6. The highest BCUT2D eigenvalue weighted by Crippen LogP contribution is 2.29. The Bertz CT molecular complexity index is 525. The highest BCUT2D eigenvalue weighted by Gasteiger charge is 2.37. The molecule has 2 rings (SSSR count). The van der Waals surface area contributed by atoms with Crippen molar-refractivity contribution in [3.8, 4) is 5.75 Å². The molecule has 0 spiro atoms. The van der Waals surface area contributed by atoms with Gasteiger partial charge in [0.2, 0.25) is 0 Å². The Morgan fingerprint density at radius 3 is 2.62 bits per heavy atom. The van der Waals surface area contributed by atoms with E-state index in [1.54, 1.807) is 0 Å². The Labute approximate surface area is 158 Å². The lowest BCUT2D eigenvalue weighted by Crippen LogP contribution is -2.33. The van der Waals surface area contributed by atoms with Crippen molar-refractivity contribution >= 4 is 12.6 Å². The van der Waals surface area contributed by atoms with E-state index >= 15 is 0 Å². The summed E-state index contributed by atoms with van der Waals surface area (Å²) in [5.41, 5.74) is 1.76. The van der Waals surface area contributed by atoms with E-state index in [-0.39, 0.29) is 12.2 Å². The molecule has 26 heavy (non-hydrogen) atoms. The standard InChI is InChI=1S/C20H33BO5/c1-4-7-12-23-14-16(24-13-8-5-2)15-25-19-11-9-10-17-18(6-3)26-21(22)20(17)19/h9-11,16,18,22H,4-8,12-15H2,1-3H3/t16-,18-/m1/s1. The normalized spacial score (nSPS) is 17.4. The van der Waals surface area contributed by atoms with Crippen molar-refractivity contribution < 1.29 is 23.9 Å². The lowest BCUT2D eigenvalue weighted by atomic mass is 9.78. The Morgan fingerprint density at radius 2 is 1.88 bits per heavy atom. The van der Waals surface area contributed by atoms with E-state index in [4.69, 9.17) is 18.9 Å². The van der Waals surface area contributed by atoms with Gasteiger partial charge in [-0.15, -0.1) is 0 Å². The molecule has 146 valence electrons. The van der Waals surface area contributed by atoms with Crippen LogP contribution in [-0.2, 0) is 14.1 Å². The molecule has 5 nitrogen and oxygen atoms in total. The number of ether oxygens (including phenoxy) is 3. The fourth-order valence-corrected chi connectivity index (χ4v) is 3.03. The number of fused-ring (bicyclic) bond motifs is 1. The van der Waals surface area contributed by atoms with E-state index in [2.05, 4.69) is 13.8 Å². The van der Waals surface area contributed by atoms with Crippen molar-refractivity contribution in [2.75, 3.05) is 26.4 Å². The summed E-state index contributed by atoms with van der Waals surface area (Å²) in [6.45, 7) is 8.71. The molecule has 0 aromatic heterocycles. The van der Waals surface area contributed by atoms with Crippen LogP contribution in [0.3, 0.4) is 0 Å². The van der Waals surface area contributed by atoms with Crippen LogP contribution in [0.15, 0.2) is 18.2 Å². The summed E-state index contributed by atoms with van der Waals surface area (Å²) in [5.74, 6) is 0.670. The fourth-order valence-electron chi connectivity index (χ4n) is 3.03. The first-order valence-corrected chi connectivity index (χ1v) is 9.99. The van der Waals surface area contributed by atoms with Gasteiger partial charge in [-0.25, -0.2) is 0 Å². The van der Waals surface area contributed by atoms with Crippen molar-refractivity contribution in [1.29, 1.82) is 0 Å². The third-order valence-electron chi connectivity index (χ3n) is 4.58. The largest absolute Gasteiger partial charge is 0.495 e. The summed E-state index contributed by atoms with van der Waals surface area (Å²) >= 11 is 0. The van der Waals surface area contributed by atoms with E-state index in [0.717, 1.165) is 49.7 Å². The molecule has 1 N–H and O–H groups in total. The van der Waals surface area contributed by atoms with Gasteiger partial charge in [-0.2, -0.15) is 0 Å². The summed E-state index contributed by atoms with van der Waals surface area (Å²) in [6.07, 6.45) is 4.92. The maximum absolute atomic E-state index is 10.2. The second-order valence-corrected chi connectivity index (χ2v) is 6.73. The van der Waals surface area contributed by atoms with E-state index in [1.165, 1.54) is 0 Å². The molecule has 1 aromatic carbocycles. The van der Waals surface area contributed by atoms with E-state index in [1.807, 2.05) is 25.1 Å². The lowest BCUT2D eigenvalue weighted by Gasteiger charge is -2.20. The topological polar surface area (TPSA) is 57.2 Å². The van der Waals surface area contributed by atoms with Crippen LogP contribution in [0.2, 0.25) is 0 Å². The van der Waals surface area contributed by atoms with Crippen LogP contribution in [0.25, 0.3) is 0 Å². The van der Waals surface area contributed by atoms with Crippen LogP contribution >= 0.6 is 0 Å². The molecule has 6 heteroatoms. The smallest absolute Gasteiger partial charge is 0.491 e. The zero-order chi connectivity index (χ0) is 18.8. The van der Waals surface area contributed by atoms with Gasteiger partial charge in [0.15, 0.2) is 0 Å². The first kappa shape index (κ1) is 21.2. The first-order valence-electron chi connectivity index (χ1n) is 9.99. The van der Waals surface area contributed by atoms with Crippen LogP contribution in [-0.4, -0.2) is 44.7 Å². The third kappa shape index (κ3) is 5.98. The number of unbranched alkanes of at least 4 members (excludes halogenated alkanes) is 2. The molecule has 1 aliphatic rings. The fraction of sp³-hybridized carbons (Fsp3) is 0.700. The Balaban J connectivity index is 1.95. The van der Waals surface area contributed by atoms with Gasteiger partial charge < -0.3 is 23.9 Å². The van der Waals surface area contributed by atoms with Crippen LogP contribution in [0.4, 0.5) is 0 Å². The predicted molar refractivity (Wildman–Crippen MR) is 104 cm³/mol. The minimum absolute atomic E-state index is 0.0717. The molecule has 0 fully saturated rings. The van der Waals surface area contributed by atoms with Crippen molar-refractivity contribution in [3.05, 3.63) is 23.8 Å². The van der Waals surface area contributed by atoms with Crippen molar-refractivity contribution in [3.63, 3.8) is 0 Å². The van der Waals surface area contributed by atoms with Gasteiger partial charge >= 0.3 is 7.12 Å². The van der Waals surface area contributed by atoms with Crippen LogP contribution in [0.5, 0.6) is 5.75 Å². The average Bonchev–Trinajstić information content (AvgIpc) is 2.99. The Hall–Kier alpha value is -1.08. The molecule has 0 unspecified atom stereocenters. The molecule has 0 bridgehead atoms. The SMILES string of the molecule is CCCCOC[C@H](COc1cccc2c1B(O)O[C@@H]2CC)OCCCC. The second-order valence-electron chi connectivity index (χ2n) is 6.73. The van der Waals surface area contributed by atoms with Gasteiger partial charge in [-0.05, 0) is 30.9 Å². The summed E-state index contributed by atoms with van der Waals surface area (Å²) in [6, 6.07) is 5.82. The van der Waals surface area contributed by atoms with Gasteiger partial charge in [0.05, 0.1) is 12.7 Å². The molecule has 1 aliphatic heterocycles. The highest BCUT2D eigenvalue weighted by molar-refractivity contribution is 6.62. The molecule has 0 radical (unpaired) electrons. The van der Waals surface area contributed by atoms with Gasteiger partial charge in [0.1, 0.15) is 18.5 Å². The minimum Gasteiger partial charge on any atom is -0.491 e. The minimum atomic E-state index is -0.925. The number of rotatable bonds is 13. The number of hydrogen-bond donors (Lipinski definition) is 1. The summed E-state index contributed by atoms with van der Waals surface area (Å²) in [7, 11) is -0.925. The summed E-state index contributed by atoms with van der Waals surface area (Å²) < 4.78 is 23.3. The van der Waals surface area contributed by atoms with Gasteiger partial charge in [0, 0.05) is 18.7 Å². The maximum Gasteiger partial charge on any atom is 0.495 e. The van der Waals surface area contributed by atoms with Crippen molar-refractivity contribution in [2.45, 2.75) is 65.1 Å². The Kier molecular flexibility index (Phi) is 9.47. The molecule has 0 saturated carbocycles. The number of hydrogen-bond acceptors (Lipinski definition) is 5. The monoisotopic (exact) mass is 364 g/mol. The zero-order valence-corrected chi connectivity index (χ0v) is 16.4. The predicted octanol–water partition coefficient (Wildman–Crippen LogP) is 3.24. The van der Waals surface area contributed by atoms with E-state index in [0.29, 0.717) is 25.6 Å². The third-order valence-corrected chi connectivity index (χ3v) is 4.58. The summed E-state index contributed by atoms with van der Waals surface area (Å²) in [5, 5.41) is 10.2. The van der Waals surface area contributed by atoms with Gasteiger partial charge in [0.25, 0.3) is 0 Å². The average molecular weight is 364 g/mol. The molecule has 0 amide bonds. The first-order chi connectivity index (χ1) is 12.7. The van der Waals surface area contributed by atoms with Crippen LogP contribution in [0.1, 0.15) is 64.5 Å². The molecular formula is C20H33BO5. The molecule has 0 saturated heterocycles. The van der Waals surface area contributed by atoms with E-state index in [9.17, 15) is 5.02 Å². The molecule has 1 heterocycles. The van der Waals surface area contributed by atoms with Gasteiger partial charge in [-0.1, -0.05) is 45.7 Å². The Morgan fingerprint density at radius 1 is 1.12 bits per heavy atom. The molecular weight excluding hydrogens is 331 g/mol. The maximum atomic E-state index is 10.2. The molecule has 2 atom stereocenters. The number of benzene rings is 1. The highest BCUT2D eigenvalue weighted by atomic mass is 16.6. The quantitative estimate of drug-likeness (QED) is 0.430. The van der Waals surface area contributed by atoms with Gasteiger partial charge in [-0.3, -0.25) is 0 Å². The van der Waals surface area contributed by atoms with Crippen molar-refractivity contribution in [2.24, 2.45) is 0 Å². The lowest BCUT2D eigenvalue weighted by molar-refractivity contribution is -0.0383. The zero-order valence-electron chi connectivity index (χ0n) is 16.4. The van der Waals surface area contributed by atoms with Crippen molar-refractivity contribution in [1.82, 2.24) is 0 Å². The summed E-state index contributed by atoms with van der Waals surface area (Å²) in [4.78, 5) is 0. The van der Waals surface area contributed by atoms with Crippen LogP contribution in [0, 0.1) is 0 Å². The molecule has 1 aromatic rings.